The fourth-order valence-electron chi connectivity index (χ4n) is 8.76. The monoisotopic (exact) mass is 1250 g/mol. The van der Waals surface area contributed by atoms with Crippen molar-refractivity contribution >= 4 is 70.9 Å². The molecule has 0 aromatic rings. The smallest absolute Gasteiger partial charge is 0.326 e. The summed E-state index contributed by atoms with van der Waals surface area (Å²) in [5.74, 6) is -10.5. The number of hydrogen-bond donors (Lipinski definition) is 13. The number of unbranched alkanes of at least 4 members (excludes halogenated alkanes) is 14. The van der Waals surface area contributed by atoms with Crippen molar-refractivity contribution < 1.29 is 107 Å². The molecule has 500 valence electrons. The number of carboxylic acid groups (broad SMARTS) is 5. The van der Waals surface area contributed by atoms with Crippen LogP contribution in [0.2, 0.25) is 0 Å². The van der Waals surface area contributed by atoms with E-state index in [1.807, 2.05) is 0 Å². The predicted molar refractivity (Wildman–Crippen MR) is 314 cm³/mol. The molecule has 0 aliphatic heterocycles. The summed E-state index contributed by atoms with van der Waals surface area (Å²) in [5.41, 5.74) is 0. The van der Waals surface area contributed by atoms with Gasteiger partial charge < -0.3 is 81.5 Å². The molecule has 0 fully saturated rings. The molecule has 0 heterocycles. The van der Waals surface area contributed by atoms with Crippen LogP contribution in [0.15, 0.2) is 0 Å². The zero-order valence-corrected chi connectivity index (χ0v) is 51.0. The summed E-state index contributed by atoms with van der Waals surface area (Å²) >= 11 is 0. The second-order valence-corrected chi connectivity index (χ2v) is 21.3. The van der Waals surface area contributed by atoms with Crippen molar-refractivity contribution in [1.82, 2.24) is 37.2 Å². The number of Topliss-reactive ketones (excluding diaryl/α,β-unsaturated/α-hetero) is 2. The van der Waals surface area contributed by atoms with Gasteiger partial charge in [-0.05, 0) is 65.3 Å². The molecule has 0 aromatic carbocycles. The van der Waals surface area contributed by atoms with Gasteiger partial charge >= 0.3 is 29.8 Å². The number of rotatable bonds is 61. The summed E-state index contributed by atoms with van der Waals surface area (Å²) in [6.07, 6.45) is 13.6. The van der Waals surface area contributed by atoms with E-state index < -0.39 is 108 Å². The topological polar surface area (TPSA) is 447 Å². The van der Waals surface area contributed by atoms with Crippen LogP contribution in [0, 0.1) is 5.92 Å². The fraction of sp³-hybridized carbons (Fsp3) is 0.793. The number of carboxylic acids is 5. The number of carbonyl (C=O) groups excluding carboxylic acids is 7. The summed E-state index contributed by atoms with van der Waals surface area (Å²) < 4.78 is 21.2. The lowest BCUT2D eigenvalue weighted by Gasteiger charge is -2.19. The normalized spacial score (nSPS) is 13.2. The molecule has 6 atom stereocenters. The lowest BCUT2D eigenvalue weighted by Crippen LogP contribution is -2.49. The van der Waals surface area contributed by atoms with E-state index in [-0.39, 0.29) is 135 Å². The fourth-order valence-corrected chi connectivity index (χ4v) is 8.76. The minimum atomic E-state index is -1.47. The SMILES string of the molecule is CN[C@@H](CCCCNC(=O)CC[C@H](CC(=O)CC[C@@H](NC(=O)COCCOCCNC(=O)COCCOCCNC(=O)CC[C@H](NC(=O)CCCCCCCCCCCCCCCCC(=O)O)C(=O)O)C(=O)O)C(=O)O)C(=O)CN[C@@H](C(=O)O)[C@H](C)O. The number of ether oxygens (including phenoxy) is 4. The number of likely N-dealkylation sites (N-methyl/N-ethyl adjacent to an activating group) is 1. The van der Waals surface area contributed by atoms with Crippen LogP contribution in [0.4, 0.5) is 0 Å². The van der Waals surface area contributed by atoms with E-state index in [0.717, 1.165) is 51.4 Å². The molecule has 0 saturated carbocycles. The highest BCUT2D eigenvalue weighted by atomic mass is 16.5. The highest BCUT2D eigenvalue weighted by Crippen LogP contribution is 2.17. The molecule has 0 aromatic heterocycles. The maximum absolute atomic E-state index is 12.7. The van der Waals surface area contributed by atoms with E-state index in [1.165, 1.54) is 39.0 Å². The Morgan fingerprint density at radius 2 is 0.851 bits per heavy atom. The minimum Gasteiger partial charge on any atom is -0.481 e. The number of aliphatic carboxylic acids is 5. The molecule has 0 aliphatic rings. The Labute approximate surface area is 510 Å². The second-order valence-electron chi connectivity index (χ2n) is 21.3. The number of hydrogen-bond acceptors (Lipinski definition) is 19. The molecule has 29 heteroatoms. The van der Waals surface area contributed by atoms with Gasteiger partial charge in [0.1, 0.15) is 37.1 Å². The largest absolute Gasteiger partial charge is 0.481 e. The van der Waals surface area contributed by atoms with Crippen molar-refractivity contribution in [3.8, 4) is 0 Å². The van der Waals surface area contributed by atoms with Gasteiger partial charge in [0, 0.05) is 58.2 Å². The van der Waals surface area contributed by atoms with Crippen LogP contribution in [0.3, 0.4) is 0 Å². The number of amides is 5. The third-order valence-electron chi connectivity index (χ3n) is 13.8. The molecule has 87 heavy (non-hydrogen) atoms. The molecule has 13 N–H and O–H groups in total. The average molecular weight is 1250 g/mol. The third kappa shape index (κ3) is 47.5. The van der Waals surface area contributed by atoms with E-state index in [4.69, 9.17) is 29.2 Å². The Bertz CT molecular complexity index is 2030. The van der Waals surface area contributed by atoms with Gasteiger partial charge in [0.25, 0.3) is 0 Å². The third-order valence-corrected chi connectivity index (χ3v) is 13.8. The van der Waals surface area contributed by atoms with Gasteiger partial charge in [0.15, 0.2) is 5.78 Å². The Kier molecular flexibility index (Phi) is 49.1. The molecule has 5 amide bonds. The van der Waals surface area contributed by atoms with Crippen LogP contribution in [-0.2, 0) is 76.5 Å². The van der Waals surface area contributed by atoms with E-state index >= 15 is 0 Å². The van der Waals surface area contributed by atoms with Crippen molar-refractivity contribution in [3.05, 3.63) is 0 Å². The molecule has 0 unspecified atom stereocenters. The first-order chi connectivity index (χ1) is 41.6. The van der Waals surface area contributed by atoms with Crippen molar-refractivity contribution in [3.63, 3.8) is 0 Å². The Morgan fingerprint density at radius 1 is 0.402 bits per heavy atom. The summed E-state index contributed by atoms with van der Waals surface area (Å²) in [6.45, 7) is 1.14. The van der Waals surface area contributed by atoms with Crippen LogP contribution in [0.1, 0.15) is 174 Å². The van der Waals surface area contributed by atoms with Gasteiger partial charge in [-0.15, -0.1) is 0 Å². The molecular weight excluding hydrogens is 1150 g/mol. The van der Waals surface area contributed by atoms with Gasteiger partial charge in [0.2, 0.25) is 29.5 Å². The van der Waals surface area contributed by atoms with Gasteiger partial charge in [-0.2, -0.15) is 0 Å². The lowest BCUT2D eigenvalue weighted by molar-refractivity contribution is -0.145. The van der Waals surface area contributed by atoms with Gasteiger partial charge in [0.05, 0.1) is 64.2 Å². The summed E-state index contributed by atoms with van der Waals surface area (Å²) in [4.78, 5) is 144. The standard InChI is InChI=1S/C58H101N7O22/c1-41(66)54(58(82)83)63-38-47(68)44(59-2)19-17-18-28-60-48(69)26-22-42(55(76)77)37-43(67)23-24-45(56(78)79)65-52(73)40-87-36-34-85-32-30-62-51(72)39-86-35-33-84-31-29-61-49(70)27-25-46(57(80)81)64-50(71)20-15-13-11-9-7-5-3-4-6-8-10-12-14-16-21-53(74)75/h41-42,44-46,54,59,63,66H,3-40H2,1-2H3,(H,60,69)(H,61,70)(H,62,72)(H,64,71)(H,65,73)(H,74,75)(H,76,77)(H,78,79)(H,80,81)(H,82,83)/t41-,42+,44-,45+,46-,54+/m0/s1. The Hall–Kier alpha value is -6.24. The van der Waals surface area contributed by atoms with Crippen molar-refractivity contribution in [2.75, 3.05) is 86.1 Å². The first-order valence-electron chi connectivity index (χ1n) is 30.5. The first-order valence-corrected chi connectivity index (χ1v) is 30.5. The first kappa shape index (κ1) is 80.8. The molecule has 0 spiro atoms. The Morgan fingerprint density at radius 3 is 1.33 bits per heavy atom. The number of ketones is 2. The van der Waals surface area contributed by atoms with Crippen molar-refractivity contribution in [2.24, 2.45) is 5.92 Å². The molecule has 0 aliphatic carbocycles. The second kappa shape index (κ2) is 52.8. The van der Waals surface area contributed by atoms with Gasteiger partial charge in [-0.1, -0.05) is 77.0 Å². The van der Waals surface area contributed by atoms with Crippen molar-refractivity contribution in [1.29, 1.82) is 0 Å². The highest BCUT2D eigenvalue weighted by molar-refractivity contribution is 5.88. The minimum absolute atomic E-state index is 0.0287. The molecular formula is C58H101N7O22. The van der Waals surface area contributed by atoms with Gasteiger partial charge in [-0.25, -0.2) is 9.59 Å². The number of aliphatic hydroxyl groups is 1. The zero-order valence-electron chi connectivity index (χ0n) is 51.0. The quantitative estimate of drug-likeness (QED) is 0.0385. The maximum Gasteiger partial charge on any atom is 0.326 e. The lowest BCUT2D eigenvalue weighted by atomic mass is 9.94. The number of aliphatic hydroxyl groups excluding tert-OH is 1. The number of carbonyl (C=O) groups is 12. The van der Waals surface area contributed by atoms with E-state index in [9.17, 15) is 78.0 Å². The molecule has 0 bridgehead atoms. The summed E-state index contributed by atoms with van der Waals surface area (Å²) in [6, 6.07) is -4.57. The van der Waals surface area contributed by atoms with Crippen LogP contribution >= 0.6 is 0 Å². The van der Waals surface area contributed by atoms with E-state index in [0.29, 0.717) is 25.7 Å². The van der Waals surface area contributed by atoms with Crippen LogP contribution in [-0.4, -0.2) is 218 Å². The summed E-state index contributed by atoms with van der Waals surface area (Å²) in [7, 11) is 1.57. The average Bonchev–Trinajstić information content (AvgIpc) is 3.52. The van der Waals surface area contributed by atoms with Crippen LogP contribution < -0.4 is 37.2 Å². The number of nitrogens with one attached hydrogen (secondary N) is 7. The molecule has 29 nitrogen and oxygen atoms in total. The van der Waals surface area contributed by atoms with Crippen LogP contribution in [0.5, 0.6) is 0 Å². The Balaban J connectivity index is 4.07. The predicted octanol–water partition coefficient (Wildman–Crippen LogP) is 1.62. The van der Waals surface area contributed by atoms with Gasteiger partial charge in [-0.3, -0.25) is 53.3 Å². The molecule has 0 radical (unpaired) electrons. The highest BCUT2D eigenvalue weighted by Gasteiger charge is 2.27. The van der Waals surface area contributed by atoms with E-state index in [2.05, 4.69) is 37.2 Å². The van der Waals surface area contributed by atoms with Crippen LogP contribution in [0.25, 0.3) is 0 Å². The van der Waals surface area contributed by atoms with Crippen molar-refractivity contribution in [2.45, 2.75) is 204 Å². The summed E-state index contributed by atoms with van der Waals surface area (Å²) in [5, 5.41) is 74.2. The maximum atomic E-state index is 12.7. The van der Waals surface area contributed by atoms with E-state index in [1.54, 1.807) is 7.05 Å². The molecule has 0 rings (SSSR count). The molecule has 0 saturated heterocycles. The zero-order chi connectivity index (χ0) is 65.0.